The fraction of sp³-hybridized carbons (Fsp3) is 0.0968. The van der Waals surface area contributed by atoms with Gasteiger partial charge in [-0.3, -0.25) is 14.2 Å². The predicted octanol–water partition coefficient (Wildman–Crippen LogP) is 6.06. The molecule has 3 N–H and O–H groups in total. The van der Waals surface area contributed by atoms with Crippen molar-refractivity contribution in [1.29, 1.82) is 0 Å². The monoisotopic (exact) mass is 548 g/mol. The predicted molar refractivity (Wildman–Crippen MR) is 161 cm³/mol. The van der Waals surface area contributed by atoms with Crippen LogP contribution in [0.1, 0.15) is 24.2 Å². The van der Waals surface area contributed by atoms with E-state index in [0.717, 1.165) is 5.56 Å². The number of hydrogen-bond donors (Lipinski definition) is 3. The molecule has 0 unspecified atom stereocenters. The lowest BCUT2D eigenvalue weighted by Gasteiger charge is -2.24. The number of halogens is 1. The van der Waals surface area contributed by atoms with Crippen molar-refractivity contribution in [3.05, 3.63) is 134 Å². The molecule has 0 aliphatic rings. The molecule has 3 aromatic carbocycles. The van der Waals surface area contributed by atoms with Gasteiger partial charge >= 0.3 is 0 Å². The van der Waals surface area contributed by atoms with Gasteiger partial charge in [-0.2, -0.15) is 0 Å². The van der Waals surface area contributed by atoms with Gasteiger partial charge < -0.3 is 15.6 Å². The van der Waals surface area contributed by atoms with Crippen LogP contribution in [0, 0.1) is 0 Å². The Morgan fingerprint density at radius 2 is 1.65 bits per heavy atom. The van der Waals surface area contributed by atoms with Crippen molar-refractivity contribution in [2.75, 3.05) is 10.6 Å². The molecule has 0 saturated heterocycles. The maximum Gasteiger partial charge on any atom is 0.265 e. The molecular weight excluding hydrogens is 524 g/mol. The molecule has 40 heavy (non-hydrogen) atoms. The van der Waals surface area contributed by atoms with E-state index in [1.54, 1.807) is 10.8 Å². The lowest BCUT2D eigenvalue weighted by molar-refractivity contribution is 0.774. The van der Waals surface area contributed by atoms with Crippen molar-refractivity contribution < 1.29 is 0 Å². The largest absolute Gasteiger partial charge is 0.380 e. The minimum absolute atomic E-state index is 0.212. The Kier molecular flexibility index (Phi) is 6.76. The highest BCUT2D eigenvalue weighted by atomic mass is 35.5. The van der Waals surface area contributed by atoms with Crippen LogP contribution in [0.3, 0.4) is 0 Å². The van der Waals surface area contributed by atoms with Crippen LogP contribution in [0.5, 0.6) is 0 Å². The van der Waals surface area contributed by atoms with E-state index in [0.29, 0.717) is 56.3 Å². The van der Waals surface area contributed by atoms with Gasteiger partial charge in [-0.05, 0) is 30.7 Å². The van der Waals surface area contributed by atoms with Crippen LogP contribution < -0.4 is 21.6 Å². The normalized spacial score (nSPS) is 11.9. The third-order valence-corrected chi connectivity index (χ3v) is 7.23. The zero-order valence-corrected chi connectivity index (χ0v) is 22.3. The average Bonchev–Trinajstić information content (AvgIpc) is 2.98. The van der Waals surface area contributed by atoms with Gasteiger partial charge in [-0.15, -0.1) is 0 Å². The topological polar surface area (TPSA) is 105 Å². The van der Waals surface area contributed by atoms with Gasteiger partial charge in [0.05, 0.1) is 22.1 Å². The maximum atomic E-state index is 14.3. The van der Waals surface area contributed by atoms with Gasteiger partial charge in [0.2, 0.25) is 0 Å². The number of nitrogens with one attached hydrogen (secondary N) is 3. The van der Waals surface area contributed by atoms with Crippen molar-refractivity contribution in [2.24, 2.45) is 0 Å². The number of nitrogens with zero attached hydrogens (tertiary/aromatic N) is 3. The minimum atomic E-state index is -0.511. The van der Waals surface area contributed by atoms with E-state index in [4.69, 9.17) is 11.6 Å². The Balaban J connectivity index is 1.52. The molecule has 3 aromatic heterocycles. The van der Waals surface area contributed by atoms with Gasteiger partial charge in [-0.1, -0.05) is 72.3 Å². The molecule has 0 radical (unpaired) electrons. The molecule has 198 valence electrons. The number of hydrogen-bond acceptors (Lipinski definition) is 6. The highest BCUT2D eigenvalue weighted by Gasteiger charge is 2.24. The summed E-state index contributed by atoms with van der Waals surface area (Å²) in [6.45, 7) is 2.44. The highest BCUT2D eigenvalue weighted by Crippen LogP contribution is 2.35. The molecule has 0 spiro atoms. The van der Waals surface area contributed by atoms with Gasteiger partial charge in [0, 0.05) is 35.6 Å². The van der Waals surface area contributed by atoms with Crippen molar-refractivity contribution in [2.45, 2.75) is 19.5 Å². The van der Waals surface area contributed by atoms with Crippen LogP contribution in [0.4, 0.5) is 11.5 Å². The number of aromatic amines is 1. The van der Waals surface area contributed by atoms with E-state index in [2.05, 4.69) is 25.6 Å². The first kappa shape index (κ1) is 25.3. The fourth-order valence-electron chi connectivity index (χ4n) is 4.97. The van der Waals surface area contributed by atoms with Crippen LogP contribution in [0.25, 0.3) is 27.5 Å². The molecule has 0 fully saturated rings. The number of benzene rings is 3. The van der Waals surface area contributed by atoms with Gasteiger partial charge in [0.15, 0.2) is 5.43 Å². The molecule has 0 saturated carbocycles. The molecule has 1 atom stereocenters. The number of H-pyrrole nitrogens is 1. The molecule has 0 amide bonds. The third kappa shape index (κ3) is 4.58. The molecular formula is C31H25ClN6O2. The third-order valence-electron chi connectivity index (χ3n) is 6.84. The summed E-state index contributed by atoms with van der Waals surface area (Å²) in [6.07, 6.45) is 2.92. The number of rotatable bonds is 7. The summed E-state index contributed by atoms with van der Waals surface area (Å²) in [5.41, 5.74) is 2.98. The Bertz CT molecular complexity index is 1950. The lowest BCUT2D eigenvalue weighted by atomic mass is 10.0. The summed E-state index contributed by atoms with van der Waals surface area (Å²) in [5.74, 6) is 0.348. The van der Waals surface area contributed by atoms with Gasteiger partial charge in [-0.25, -0.2) is 9.97 Å². The summed E-state index contributed by atoms with van der Waals surface area (Å²) in [6, 6.07) is 25.9. The van der Waals surface area contributed by atoms with E-state index in [1.165, 1.54) is 12.4 Å². The van der Waals surface area contributed by atoms with E-state index in [1.807, 2.05) is 85.8 Å². The number of para-hydroxylation sites is 1. The number of anilines is 2. The van der Waals surface area contributed by atoms with Crippen molar-refractivity contribution in [3.63, 3.8) is 0 Å². The summed E-state index contributed by atoms with van der Waals surface area (Å²) in [4.78, 5) is 38.5. The smallest absolute Gasteiger partial charge is 0.265 e. The van der Waals surface area contributed by atoms with Crippen molar-refractivity contribution in [1.82, 2.24) is 19.5 Å². The SMILES string of the molecule is C[C@H](Nc1ncnc2[nH]ccc(=O)c12)c1c(Cl)c2cccc(NCc3ccccc3)c2c(=O)n1-c1ccccc1. The van der Waals surface area contributed by atoms with Crippen LogP contribution >= 0.6 is 11.6 Å². The first-order valence-corrected chi connectivity index (χ1v) is 13.2. The lowest BCUT2D eigenvalue weighted by Crippen LogP contribution is -2.27. The van der Waals surface area contributed by atoms with Crippen LogP contribution in [-0.2, 0) is 6.54 Å². The molecule has 0 bridgehead atoms. The maximum absolute atomic E-state index is 14.3. The Labute approximate surface area is 234 Å². The van der Waals surface area contributed by atoms with Crippen LogP contribution in [0.2, 0.25) is 5.02 Å². The van der Waals surface area contributed by atoms with Crippen molar-refractivity contribution in [3.8, 4) is 5.69 Å². The van der Waals surface area contributed by atoms with Gasteiger partial charge in [0.25, 0.3) is 5.56 Å². The summed E-state index contributed by atoms with van der Waals surface area (Å²) >= 11 is 7.14. The second-order valence-electron chi connectivity index (χ2n) is 9.40. The molecule has 6 rings (SSSR count). The first-order valence-electron chi connectivity index (χ1n) is 12.8. The Morgan fingerprint density at radius 3 is 2.42 bits per heavy atom. The fourth-order valence-corrected chi connectivity index (χ4v) is 5.38. The van der Waals surface area contributed by atoms with E-state index in [-0.39, 0.29) is 11.0 Å². The molecule has 0 aliphatic carbocycles. The molecule has 6 aromatic rings. The summed E-state index contributed by atoms with van der Waals surface area (Å²) in [5, 5.41) is 8.61. The Morgan fingerprint density at radius 1 is 0.900 bits per heavy atom. The highest BCUT2D eigenvalue weighted by molar-refractivity contribution is 6.36. The Hall–Kier alpha value is -4.95. The van der Waals surface area contributed by atoms with Gasteiger partial charge in [0.1, 0.15) is 23.2 Å². The molecule has 9 heteroatoms. The second-order valence-corrected chi connectivity index (χ2v) is 9.77. The van der Waals surface area contributed by atoms with Crippen LogP contribution in [-0.4, -0.2) is 19.5 Å². The van der Waals surface area contributed by atoms with E-state index in [9.17, 15) is 9.59 Å². The first-order chi connectivity index (χ1) is 19.5. The average molecular weight is 549 g/mol. The van der Waals surface area contributed by atoms with E-state index >= 15 is 0 Å². The standard InChI is InChI=1S/C31H25ClN6O2/c1-19(37-30-26-24(39)15-16-33-29(26)35-18-36-30)28-27(32)22-13-8-14-23(34-17-20-9-4-2-5-10-20)25(22)31(40)38(28)21-11-6-3-7-12-21/h2-16,18-19,34H,17H2,1H3,(H2,33,35,36,37,39)/t19-/m0/s1. The second kappa shape index (κ2) is 10.7. The van der Waals surface area contributed by atoms with E-state index < -0.39 is 6.04 Å². The zero-order valence-electron chi connectivity index (χ0n) is 21.6. The van der Waals surface area contributed by atoms with Crippen molar-refractivity contribution >= 4 is 44.9 Å². The molecule has 8 nitrogen and oxygen atoms in total. The quantitative estimate of drug-likeness (QED) is 0.224. The summed E-state index contributed by atoms with van der Waals surface area (Å²) < 4.78 is 1.63. The summed E-state index contributed by atoms with van der Waals surface area (Å²) in [7, 11) is 0. The van der Waals surface area contributed by atoms with Crippen LogP contribution in [0.15, 0.2) is 107 Å². The molecule has 3 heterocycles. The number of pyridine rings is 2. The number of fused-ring (bicyclic) bond motifs is 2. The molecule has 0 aliphatic heterocycles. The zero-order chi connectivity index (χ0) is 27.6. The number of aromatic nitrogens is 4. The minimum Gasteiger partial charge on any atom is -0.380 e.